The van der Waals surface area contributed by atoms with Gasteiger partial charge in [-0.25, -0.2) is 9.78 Å². The Kier molecular flexibility index (Phi) is 6.10. The molecule has 0 saturated carbocycles. The standard InChI is InChI=1S/C21H27ClN6O4/c1-20(2,3)15-14(22)17-25-16(27-28(17)26-15)12-8-7-11(9-13(12)29)24-19(31)23-10-21(4,5)18(30)32-6/h7-9,26,29H,10H2,1-6H3,(H2,23,24,31). The fraction of sp³-hybridized carbons (Fsp3) is 0.429. The van der Waals surface area contributed by atoms with Crippen molar-refractivity contribution in [3.63, 3.8) is 0 Å². The van der Waals surface area contributed by atoms with Gasteiger partial charge in [0.15, 0.2) is 11.5 Å². The third kappa shape index (κ3) is 4.64. The number of hydrogen-bond donors (Lipinski definition) is 4. The molecule has 32 heavy (non-hydrogen) atoms. The number of halogens is 1. The van der Waals surface area contributed by atoms with Crippen LogP contribution in [0.2, 0.25) is 5.02 Å². The third-order valence-electron chi connectivity index (χ3n) is 4.92. The molecule has 4 N–H and O–H groups in total. The highest BCUT2D eigenvalue weighted by Crippen LogP contribution is 2.34. The van der Waals surface area contributed by atoms with E-state index in [0.29, 0.717) is 21.9 Å². The molecule has 0 aliphatic heterocycles. The van der Waals surface area contributed by atoms with Crippen molar-refractivity contribution in [1.82, 2.24) is 25.1 Å². The average Bonchev–Trinajstić information content (AvgIpc) is 3.25. The lowest BCUT2D eigenvalue weighted by Gasteiger charge is -2.21. The SMILES string of the molecule is COC(=O)C(C)(C)CNC(=O)Nc1ccc(-c2nc3c(Cl)c(C(C)(C)C)[nH]n3n2)c(O)c1. The maximum Gasteiger partial charge on any atom is 0.319 e. The molecule has 0 aliphatic carbocycles. The molecule has 2 amide bonds. The lowest BCUT2D eigenvalue weighted by atomic mass is 9.92. The summed E-state index contributed by atoms with van der Waals surface area (Å²) in [5.74, 6) is -0.261. The molecule has 2 aromatic heterocycles. The monoisotopic (exact) mass is 462 g/mol. The maximum atomic E-state index is 12.2. The number of nitrogens with one attached hydrogen (secondary N) is 3. The van der Waals surface area contributed by atoms with Crippen molar-refractivity contribution in [3.05, 3.63) is 28.9 Å². The molecule has 0 spiro atoms. The van der Waals surface area contributed by atoms with E-state index in [2.05, 4.69) is 25.8 Å². The Morgan fingerprint density at radius 3 is 2.50 bits per heavy atom. The van der Waals surface area contributed by atoms with E-state index in [1.165, 1.54) is 17.8 Å². The number of esters is 1. The molecule has 1 aromatic carbocycles. The number of urea groups is 1. The van der Waals surface area contributed by atoms with E-state index in [-0.39, 0.29) is 23.5 Å². The Bertz CT molecular complexity index is 1180. The molecular weight excluding hydrogens is 436 g/mol. The first-order valence-corrected chi connectivity index (χ1v) is 10.3. The Morgan fingerprint density at radius 2 is 1.94 bits per heavy atom. The number of methoxy groups -OCH3 is 1. The smallest absolute Gasteiger partial charge is 0.319 e. The largest absolute Gasteiger partial charge is 0.507 e. The average molecular weight is 463 g/mol. The second kappa shape index (κ2) is 8.34. The summed E-state index contributed by atoms with van der Waals surface area (Å²) in [5.41, 5.74) is 0.932. The van der Waals surface area contributed by atoms with E-state index in [4.69, 9.17) is 16.3 Å². The number of hydrogen-bond acceptors (Lipinski definition) is 6. The summed E-state index contributed by atoms with van der Waals surface area (Å²) < 4.78 is 6.19. The first-order chi connectivity index (χ1) is 14.8. The van der Waals surface area contributed by atoms with Crippen LogP contribution in [0.5, 0.6) is 5.75 Å². The number of carbonyl (C=O) groups excluding carboxylic acids is 2. The van der Waals surface area contributed by atoms with Gasteiger partial charge in [-0.1, -0.05) is 32.4 Å². The lowest BCUT2D eigenvalue weighted by Crippen LogP contribution is -2.41. The molecule has 2 heterocycles. The third-order valence-corrected chi connectivity index (χ3v) is 5.27. The molecule has 0 saturated heterocycles. The molecule has 0 unspecified atom stereocenters. The summed E-state index contributed by atoms with van der Waals surface area (Å²) in [5, 5.41) is 23.7. The second-order valence-corrected chi connectivity index (χ2v) is 9.51. The number of carbonyl (C=O) groups is 2. The number of benzene rings is 1. The van der Waals surface area contributed by atoms with Crippen LogP contribution in [0.3, 0.4) is 0 Å². The summed E-state index contributed by atoms with van der Waals surface area (Å²) in [6.07, 6.45) is 0. The normalized spacial score (nSPS) is 12.1. The van der Waals surface area contributed by atoms with Crippen LogP contribution in [0.1, 0.15) is 40.3 Å². The highest BCUT2D eigenvalue weighted by atomic mass is 35.5. The zero-order valence-electron chi connectivity index (χ0n) is 18.8. The highest BCUT2D eigenvalue weighted by Gasteiger charge is 2.29. The number of nitrogens with zero attached hydrogens (tertiary/aromatic N) is 3. The fourth-order valence-electron chi connectivity index (χ4n) is 3.03. The van der Waals surface area contributed by atoms with Crippen molar-refractivity contribution in [2.75, 3.05) is 19.0 Å². The number of aromatic nitrogens is 4. The van der Waals surface area contributed by atoms with Crippen LogP contribution < -0.4 is 10.6 Å². The molecule has 10 nitrogen and oxygen atoms in total. The van der Waals surface area contributed by atoms with Crippen molar-refractivity contribution in [2.24, 2.45) is 5.41 Å². The Hall–Kier alpha value is -3.27. The van der Waals surface area contributed by atoms with Gasteiger partial charge < -0.3 is 20.5 Å². The molecule has 0 radical (unpaired) electrons. The minimum Gasteiger partial charge on any atom is -0.507 e. The predicted octanol–water partition coefficient (Wildman–Crippen LogP) is 3.70. The maximum absolute atomic E-state index is 12.2. The molecule has 0 fully saturated rings. The quantitative estimate of drug-likeness (QED) is 0.427. The predicted molar refractivity (Wildman–Crippen MR) is 121 cm³/mol. The number of H-pyrrole nitrogens is 1. The van der Waals surface area contributed by atoms with Gasteiger partial charge in [-0.3, -0.25) is 9.89 Å². The Labute approximate surface area is 190 Å². The lowest BCUT2D eigenvalue weighted by molar-refractivity contribution is -0.150. The summed E-state index contributed by atoms with van der Waals surface area (Å²) in [4.78, 5) is 28.3. The van der Waals surface area contributed by atoms with Gasteiger partial charge in [-0.2, -0.15) is 4.63 Å². The van der Waals surface area contributed by atoms with Crippen LogP contribution in [0.4, 0.5) is 10.5 Å². The van der Waals surface area contributed by atoms with E-state index >= 15 is 0 Å². The van der Waals surface area contributed by atoms with E-state index in [0.717, 1.165) is 5.69 Å². The van der Waals surface area contributed by atoms with Gasteiger partial charge >= 0.3 is 12.0 Å². The van der Waals surface area contributed by atoms with Crippen LogP contribution in [-0.2, 0) is 14.9 Å². The Balaban J connectivity index is 1.74. The number of aromatic amines is 1. The molecule has 0 atom stereocenters. The van der Waals surface area contributed by atoms with Crippen molar-refractivity contribution < 1.29 is 19.4 Å². The van der Waals surface area contributed by atoms with Gasteiger partial charge in [-0.15, -0.1) is 5.10 Å². The van der Waals surface area contributed by atoms with Crippen LogP contribution >= 0.6 is 11.6 Å². The van der Waals surface area contributed by atoms with Crippen molar-refractivity contribution >= 4 is 34.9 Å². The molecule has 0 aliphatic rings. The minimum absolute atomic E-state index is 0.0809. The van der Waals surface area contributed by atoms with Crippen molar-refractivity contribution in [2.45, 2.75) is 40.0 Å². The zero-order valence-corrected chi connectivity index (χ0v) is 19.6. The van der Waals surface area contributed by atoms with E-state index in [1.54, 1.807) is 26.0 Å². The van der Waals surface area contributed by atoms with Crippen LogP contribution in [0, 0.1) is 5.41 Å². The fourth-order valence-corrected chi connectivity index (χ4v) is 3.48. The van der Waals surface area contributed by atoms with Crippen LogP contribution in [-0.4, -0.2) is 50.6 Å². The van der Waals surface area contributed by atoms with Crippen LogP contribution in [0.15, 0.2) is 18.2 Å². The van der Waals surface area contributed by atoms with Crippen molar-refractivity contribution in [1.29, 1.82) is 0 Å². The zero-order chi connectivity index (χ0) is 23.8. The molecule has 11 heteroatoms. The first-order valence-electron chi connectivity index (χ1n) is 9.95. The van der Waals surface area contributed by atoms with Gasteiger partial charge in [0.05, 0.1) is 23.8 Å². The van der Waals surface area contributed by atoms with E-state index in [1.807, 2.05) is 20.8 Å². The number of phenols is 1. The van der Waals surface area contributed by atoms with Gasteiger partial charge in [-0.05, 0) is 26.0 Å². The van der Waals surface area contributed by atoms with Gasteiger partial charge in [0.2, 0.25) is 0 Å². The Morgan fingerprint density at radius 1 is 1.25 bits per heavy atom. The molecular formula is C21H27ClN6O4. The topological polar surface area (TPSA) is 134 Å². The summed E-state index contributed by atoms with van der Waals surface area (Å²) in [7, 11) is 1.29. The van der Waals surface area contributed by atoms with Gasteiger partial charge in [0.1, 0.15) is 10.8 Å². The number of aromatic hydroxyl groups is 1. The molecule has 3 rings (SSSR count). The summed E-state index contributed by atoms with van der Waals surface area (Å²) in [6.45, 7) is 9.47. The minimum atomic E-state index is -0.873. The number of anilines is 1. The molecule has 0 bridgehead atoms. The van der Waals surface area contributed by atoms with Gasteiger partial charge in [0.25, 0.3) is 0 Å². The number of amides is 2. The van der Waals surface area contributed by atoms with Crippen LogP contribution in [0.25, 0.3) is 17.0 Å². The highest BCUT2D eigenvalue weighted by molar-refractivity contribution is 6.34. The van der Waals surface area contributed by atoms with Crippen molar-refractivity contribution in [3.8, 4) is 17.1 Å². The number of rotatable bonds is 5. The second-order valence-electron chi connectivity index (χ2n) is 9.14. The van der Waals surface area contributed by atoms with E-state index < -0.39 is 17.4 Å². The molecule has 172 valence electrons. The molecule has 3 aromatic rings. The number of ether oxygens (including phenoxy) is 1. The number of fused-ring (bicyclic) bond motifs is 1. The first kappa shape index (κ1) is 23.4. The summed E-state index contributed by atoms with van der Waals surface area (Å²) >= 11 is 6.45. The van der Waals surface area contributed by atoms with Gasteiger partial charge in [0, 0.05) is 23.7 Å². The summed E-state index contributed by atoms with van der Waals surface area (Å²) in [6, 6.07) is 4.07. The number of phenolic OH excluding ortho intramolecular Hbond substituents is 1. The van der Waals surface area contributed by atoms with E-state index in [9.17, 15) is 14.7 Å².